The third-order valence-electron chi connectivity index (χ3n) is 5.40. The number of amides is 2. The highest BCUT2D eigenvalue weighted by Gasteiger charge is 2.35. The molecule has 6 nitrogen and oxygen atoms in total. The Labute approximate surface area is 155 Å². The van der Waals surface area contributed by atoms with Crippen molar-refractivity contribution in [3.8, 4) is 0 Å². The second-order valence-electron chi connectivity index (χ2n) is 7.13. The molecule has 2 amide bonds. The van der Waals surface area contributed by atoms with E-state index in [9.17, 15) is 9.59 Å². The van der Waals surface area contributed by atoms with Crippen LogP contribution in [0.4, 0.5) is 5.69 Å². The molecule has 1 aromatic carbocycles. The third-order valence-corrected chi connectivity index (χ3v) is 5.40. The van der Waals surface area contributed by atoms with Crippen molar-refractivity contribution in [3.05, 3.63) is 29.8 Å². The van der Waals surface area contributed by atoms with E-state index in [0.717, 1.165) is 44.0 Å². The second-order valence-corrected chi connectivity index (χ2v) is 7.13. The summed E-state index contributed by atoms with van der Waals surface area (Å²) in [4.78, 5) is 29.1. The van der Waals surface area contributed by atoms with E-state index in [1.165, 1.54) is 0 Å². The number of anilines is 1. The number of ether oxygens (including phenoxy) is 1. The molecule has 2 aliphatic rings. The molecule has 0 aliphatic carbocycles. The lowest BCUT2D eigenvalue weighted by atomic mass is 10.1. The number of carbonyl (C=O) groups is 2. The van der Waals surface area contributed by atoms with Crippen LogP contribution in [0.5, 0.6) is 0 Å². The van der Waals surface area contributed by atoms with Crippen LogP contribution >= 0.6 is 0 Å². The maximum atomic E-state index is 12.6. The predicted molar refractivity (Wildman–Crippen MR) is 101 cm³/mol. The number of benzene rings is 1. The Morgan fingerprint density at radius 3 is 2.77 bits per heavy atom. The number of nitrogens with one attached hydrogen (secondary N) is 1. The minimum Gasteiger partial charge on any atom is -0.379 e. The number of para-hydroxylation sites is 1. The molecule has 142 valence electrons. The van der Waals surface area contributed by atoms with Crippen molar-refractivity contribution < 1.29 is 14.3 Å². The highest BCUT2D eigenvalue weighted by atomic mass is 16.5. The molecule has 0 spiro atoms. The number of nitrogens with zero attached hydrogens (tertiary/aromatic N) is 2. The van der Waals surface area contributed by atoms with E-state index in [2.05, 4.69) is 24.1 Å². The third kappa shape index (κ3) is 4.24. The molecule has 2 fully saturated rings. The number of carbonyl (C=O) groups excluding carboxylic acids is 2. The fraction of sp³-hybridized carbons (Fsp3) is 0.600. The van der Waals surface area contributed by atoms with Gasteiger partial charge < -0.3 is 15.0 Å². The first-order valence-electron chi connectivity index (χ1n) is 9.58. The summed E-state index contributed by atoms with van der Waals surface area (Å²) in [6.07, 6.45) is 1.16. The molecule has 2 atom stereocenters. The molecule has 6 heteroatoms. The molecule has 26 heavy (non-hydrogen) atoms. The Bertz CT molecular complexity index is 643. The summed E-state index contributed by atoms with van der Waals surface area (Å²) in [5, 5.41) is 3.04. The van der Waals surface area contributed by atoms with E-state index in [4.69, 9.17) is 4.74 Å². The van der Waals surface area contributed by atoms with Crippen molar-refractivity contribution >= 4 is 17.5 Å². The molecule has 0 bridgehead atoms. The van der Waals surface area contributed by atoms with Crippen molar-refractivity contribution in [1.29, 1.82) is 0 Å². The monoisotopic (exact) mass is 359 g/mol. The van der Waals surface area contributed by atoms with Gasteiger partial charge in [0, 0.05) is 44.3 Å². The van der Waals surface area contributed by atoms with Crippen molar-refractivity contribution in [1.82, 2.24) is 10.2 Å². The zero-order valence-electron chi connectivity index (χ0n) is 15.7. The number of aryl methyl sites for hydroxylation is 1. The topological polar surface area (TPSA) is 61.9 Å². The smallest absolute Gasteiger partial charge is 0.227 e. The van der Waals surface area contributed by atoms with Crippen LogP contribution in [0.1, 0.15) is 25.8 Å². The Hall–Kier alpha value is -1.92. The molecule has 1 N–H and O–H groups in total. The molecule has 3 rings (SSSR count). The van der Waals surface area contributed by atoms with Crippen LogP contribution < -0.4 is 10.2 Å². The van der Waals surface area contributed by atoms with Gasteiger partial charge in [-0.3, -0.25) is 14.5 Å². The first kappa shape index (κ1) is 18.9. The average Bonchev–Trinajstić information content (AvgIpc) is 3.08. The Balaban J connectivity index is 1.55. The van der Waals surface area contributed by atoms with E-state index in [0.29, 0.717) is 13.1 Å². The summed E-state index contributed by atoms with van der Waals surface area (Å²) >= 11 is 0. The van der Waals surface area contributed by atoms with Gasteiger partial charge in [-0.25, -0.2) is 0 Å². The summed E-state index contributed by atoms with van der Waals surface area (Å²) < 4.78 is 5.37. The van der Waals surface area contributed by atoms with Crippen LogP contribution in [0.25, 0.3) is 0 Å². The molecular formula is C20H29N3O3. The Morgan fingerprint density at radius 2 is 2.04 bits per heavy atom. The molecule has 0 aromatic heterocycles. The van der Waals surface area contributed by atoms with Gasteiger partial charge in [-0.05, 0) is 25.0 Å². The van der Waals surface area contributed by atoms with Crippen LogP contribution in [0, 0.1) is 5.92 Å². The minimum absolute atomic E-state index is 0.0186. The van der Waals surface area contributed by atoms with Crippen LogP contribution in [0.2, 0.25) is 0 Å². The van der Waals surface area contributed by atoms with E-state index in [1.807, 2.05) is 24.3 Å². The van der Waals surface area contributed by atoms with E-state index >= 15 is 0 Å². The molecule has 2 aliphatic heterocycles. The standard InChI is InChI=1S/C20H29N3O3/c1-3-16-6-4-5-7-18(16)23-14-17(12-19(23)24)20(25)21-13-15(2)22-8-10-26-11-9-22/h4-7,15,17H,3,8-14H2,1-2H3,(H,21,25). The summed E-state index contributed by atoms with van der Waals surface area (Å²) in [6, 6.07) is 8.22. The first-order chi connectivity index (χ1) is 12.6. The van der Waals surface area contributed by atoms with Crippen molar-refractivity contribution in [3.63, 3.8) is 0 Å². The van der Waals surface area contributed by atoms with E-state index < -0.39 is 0 Å². The maximum Gasteiger partial charge on any atom is 0.227 e. The fourth-order valence-corrected chi connectivity index (χ4v) is 3.73. The number of hydrogen-bond acceptors (Lipinski definition) is 4. The lowest BCUT2D eigenvalue weighted by molar-refractivity contribution is -0.126. The van der Waals surface area contributed by atoms with Gasteiger partial charge in [0.1, 0.15) is 0 Å². The summed E-state index contributed by atoms with van der Waals surface area (Å²) in [7, 11) is 0. The first-order valence-corrected chi connectivity index (χ1v) is 9.58. The number of morpholine rings is 1. The zero-order chi connectivity index (χ0) is 18.5. The van der Waals surface area contributed by atoms with Gasteiger partial charge in [0.05, 0.1) is 19.1 Å². The van der Waals surface area contributed by atoms with Gasteiger partial charge in [0.2, 0.25) is 11.8 Å². The molecular weight excluding hydrogens is 330 g/mol. The van der Waals surface area contributed by atoms with E-state index in [-0.39, 0.29) is 30.2 Å². The van der Waals surface area contributed by atoms with Crippen LogP contribution in [-0.2, 0) is 20.7 Å². The quantitative estimate of drug-likeness (QED) is 0.835. The average molecular weight is 359 g/mol. The lowest BCUT2D eigenvalue weighted by Gasteiger charge is -2.32. The van der Waals surface area contributed by atoms with Crippen molar-refractivity contribution in [2.75, 3.05) is 44.3 Å². The van der Waals surface area contributed by atoms with Crippen LogP contribution in [-0.4, -0.2) is 62.1 Å². The highest BCUT2D eigenvalue weighted by molar-refractivity contribution is 6.00. The van der Waals surface area contributed by atoms with Crippen molar-refractivity contribution in [2.45, 2.75) is 32.7 Å². The zero-order valence-corrected chi connectivity index (χ0v) is 15.7. The molecule has 0 radical (unpaired) electrons. The second kappa shape index (κ2) is 8.64. The van der Waals surface area contributed by atoms with Gasteiger partial charge in [-0.2, -0.15) is 0 Å². The van der Waals surface area contributed by atoms with Gasteiger partial charge in [0.25, 0.3) is 0 Å². The SMILES string of the molecule is CCc1ccccc1N1CC(C(=O)NCC(C)N2CCOCC2)CC1=O. The molecule has 1 aromatic rings. The van der Waals surface area contributed by atoms with E-state index in [1.54, 1.807) is 4.90 Å². The molecule has 2 saturated heterocycles. The molecule has 2 unspecified atom stereocenters. The Morgan fingerprint density at radius 1 is 1.31 bits per heavy atom. The van der Waals surface area contributed by atoms with Gasteiger partial charge in [-0.1, -0.05) is 25.1 Å². The van der Waals surface area contributed by atoms with Crippen LogP contribution in [0.3, 0.4) is 0 Å². The normalized spacial score (nSPS) is 22.5. The highest BCUT2D eigenvalue weighted by Crippen LogP contribution is 2.28. The fourth-order valence-electron chi connectivity index (χ4n) is 3.73. The number of hydrogen-bond donors (Lipinski definition) is 1. The maximum absolute atomic E-state index is 12.6. The number of rotatable bonds is 6. The van der Waals surface area contributed by atoms with Gasteiger partial charge >= 0.3 is 0 Å². The molecule has 2 heterocycles. The Kier molecular flexibility index (Phi) is 6.27. The summed E-state index contributed by atoms with van der Waals surface area (Å²) in [5.41, 5.74) is 2.08. The predicted octanol–water partition coefficient (Wildman–Crippen LogP) is 1.44. The van der Waals surface area contributed by atoms with Gasteiger partial charge in [0.15, 0.2) is 0 Å². The van der Waals surface area contributed by atoms with Gasteiger partial charge in [-0.15, -0.1) is 0 Å². The van der Waals surface area contributed by atoms with Crippen molar-refractivity contribution in [2.24, 2.45) is 5.92 Å². The van der Waals surface area contributed by atoms with Crippen LogP contribution in [0.15, 0.2) is 24.3 Å². The molecule has 0 saturated carbocycles. The minimum atomic E-state index is -0.274. The lowest BCUT2D eigenvalue weighted by Crippen LogP contribution is -2.48. The summed E-state index contributed by atoms with van der Waals surface area (Å²) in [6.45, 7) is 8.58. The summed E-state index contributed by atoms with van der Waals surface area (Å²) in [5.74, 6) is -0.258. The largest absolute Gasteiger partial charge is 0.379 e.